The van der Waals surface area contributed by atoms with E-state index in [1.165, 1.54) is 0 Å². The molecule has 0 spiro atoms. The number of carbonyl (C=O) groups is 1. The van der Waals surface area contributed by atoms with Gasteiger partial charge in [-0.15, -0.1) is 0 Å². The summed E-state index contributed by atoms with van der Waals surface area (Å²) in [6, 6.07) is 0. The van der Waals surface area contributed by atoms with Crippen molar-refractivity contribution >= 4 is 5.97 Å². The summed E-state index contributed by atoms with van der Waals surface area (Å²) < 4.78 is 24.5. The number of carboxylic acid groups (broad SMARTS) is 1. The van der Waals surface area contributed by atoms with Crippen LogP contribution in [-0.4, -0.2) is 22.5 Å². The third-order valence-electron chi connectivity index (χ3n) is 1.36. The Hall–Kier alpha value is -0.710. The molecule has 0 aromatic heterocycles. The molecule has 0 aliphatic carbocycles. The first kappa shape index (κ1) is 9.29. The Morgan fingerprint density at radius 2 is 1.80 bits per heavy atom. The fourth-order valence-corrected chi connectivity index (χ4v) is 0.188. The van der Waals surface area contributed by atoms with Gasteiger partial charge in [-0.05, 0) is 6.92 Å². The Bertz CT molecular complexity index is 150. The predicted molar refractivity (Wildman–Crippen MR) is 30.8 cm³/mol. The summed E-state index contributed by atoms with van der Waals surface area (Å²) in [5.74, 6) is -5.11. The maximum Gasteiger partial charge on any atom is 0.329 e. The quantitative estimate of drug-likeness (QED) is 0.605. The van der Waals surface area contributed by atoms with Gasteiger partial charge in [0.2, 0.25) is 0 Å². The van der Waals surface area contributed by atoms with Crippen molar-refractivity contribution in [1.82, 2.24) is 0 Å². The van der Waals surface area contributed by atoms with Crippen molar-refractivity contribution in [1.29, 1.82) is 0 Å². The zero-order valence-corrected chi connectivity index (χ0v) is 5.69. The summed E-state index contributed by atoms with van der Waals surface area (Å²) in [7, 11) is 0. The summed E-state index contributed by atoms with van der Waals surface area (Å²) in [6.07, 6.45) is 0. The molecule has 0 aliphatic rings. The summed E-state index contributed by atoms with van der Waals surface area (Å²) in [6.45, 7) is 1.25. The lowest BCUT2D eigenvalue weighted by Crippen LogP contribution is -2.57. The number of aliphatic carboxylic acids is 1. The maximum atomic E-state index is 12.2. The second-order valence-electron chi connectivity index (χ2n) is 2.40. The van der Waals surface area contributed by atoms with Crippen LogP contribution in [-0.2, 0) is 4.79 Å². The first-order valence-electron chi connectivity index (χ1n) is 2.59. The molecule has 0 bridgehead atoms. The van der Waals surface area contributed by atoms with Crippen LogP contribution in [0, 0.1) is 0 Å². The van der Waals surface area contributed by atoms with Crippen LogP contribution in [0.15, 0.2) is 0 Å². The maximum absolute atomic E-state index is 12.2. The third kappa shape index (κ3) is 1.41. The molecule has 0 aliphatic heterocycles. The molecule has 1 unspecified atom stereocenters. The van der Waals surface area contributed by atoms with Gasteiger partial charge in [0, 0.05) is 6.92 Å². The van der Waals surface area contributed by atoms with Gasteiger partial charge in [0.05, 0.1) is 0 Å². The number of nitrogens with two attached hydrogens (primary N) is 1. The molecule has 3 N–H and O–H groups in total. The molecule has 0 amide bonds. The smallest absolute Gasteiger partial charge is 0.329 e. The summed E-state index contributed by atoms with van der Waals surface area (Å²) in [5, 5.41) is 8.17. The van der Waals surface area contributed by atoms with Gasteiger partial charge in [-0.2, -0.15) is 0 Å². The standard InChI is InChI=1S/C5H9F2NO2/c1-4(8,3(9)10)5(2,6)7/h8H2,1-2H3,(H,9,10). The van der Waals surface area contributed by atoms with Crippen molar-refractivity contribution in [2.45, 2.75) is 25.3 Å². The Morgan fingerprint density at radius 1 is 1.50 bits per heavy atom. The molecule has 60 valence electrons. The molecular weight excluding hydrogens is 144 g/mol. The van der Waals surface area contributed by atoms with Crippen LogP contribution in [0.1, 0.15) is 13.8 Å². The van der Waals surface area contributed by atoms with Crippen molar-refractivity contribution in [3.63, 3.8) is 0 Å². The molecule has 0 aromatic rings. The van der Waals surface area contributed by atoms with Crippen molar-refractivity contribution in [3.8, 4) is 0 Å². The van der Waals surface area contributed by atoms with Gasteiger partial charge in [-0.3, -0.25) is 0 Å². The lowest BCUT2D eigenvalue weighted by atomic mass is 9.97. The van der Waals surface area contributed by atoms with E-state index in [0.29, 0.717) is 6.92 Å². The van der Waals surface area contributed by atoms with Crippen LogP contribution >= 0.6 is 0 Å². The molecule has 5 heteroatoms. The highest BCUT2D eigenvalue weighted by molar-refractivity contribution is 5.79. The SMILES string of the molecule is CC(F)(F)C(C)(N)C(=O)O. The second kappa shape index (κ2) is 2.16. The summed E-state index contributed by atoms with van der Waals surface area (Å²) in [4.78, 5) is 10.1. The summed E-state index contributed by atoms with van der Waals surface area (Å²) >= 11 is 0. The van der Waals surface area contributed by atoms with E-state index in [1.54, 1.807) is 0 Å². The van der Waals surface area contributed by atoms with Crippen molar-refractivity contribution in [3.05, 3.63) is 0 Å². The normalized spacial score (nSPS) is 18.1. The molecule has 3 nitrogen and oxygen atoms in total. The van der Waals surface area contributed by atoms with Crippen LogP contribution < -0.4 is 5.73 Å². The number of rotatable bonds is 2. The van der Waals surface area contributed by atoms with E-state index in [4.69, 9.17) is 10.8 Å². The van der Waals surface area contributed by atoms with Gasteiger partial charge in [-0.1, -0.05) is 0 Å². The average molecular weight is 153 g/mol. The topological polar surface area (TPSA) is 63.3 Å². The molecular formula is C5H9F2NO2. The van der Waals surface area contributed by atoms with Gasteiger partial charge in [0.25, 0.3) is 5.92 Å². The predicted octanol–water partition coefficient (Wildman–Crippen LogP) is 0.444. The molecule has 0 aromatic carbocycles. The Morgan fingerprint density at radius 3 is 1.80 bits per heavy atom. The van der Waals surface area contributed by atoms with Gasteiger partial charge in [0.1, 0.15) is 0 Å². The van der Waals surface area contributed by atoms with Gasteiger partial charge in [0.15, 0.2) is 5.54 Å². The Kier molecular flexibility index (Phi) is 2.00. The fourth-order valence-electron chi connectivity index (χ4n) is 0.188. The summed E-state index contributed by atoms with van der Waals surface area (Å²) in [5.41, 5.74) is 2.31. The van der Waals surface area contributed by atoms with Gasteiger partial charge in [-0.25, -0.2) is 13.6 Å². The van der Waals surface area contributed by atoms with E-state index in [1.807, 2.05) is 0 Å². The minimum absolute atomic E-state index is 0.473. The second-order valence-corrected chi connectivity index (χ2v) is 2.40. The highest BCUT2D eigenvalue weighted by atomic mass is 19.3. The molecule has 0 saturated heterocycles. The number of hydrogen-bond acceptors (Lipinski definition) is 2. The molecule has 0 fully saturated rings. The van der Waals surface area contributed by atoms with Crippen molar-refractivity contribution in [2.24, 2.45) is 5.73 Å². The third-order valence-corrected chi connectivity index (χ3v) is 1.36. The highest BCUT2D eigenvalue weighted by Gasteiger charge is 2.49. The number of hydrogen-bond donors (Lipinski definition) is 2. The monoisotopic (exact) mass is 153 g/mol. The molecule has 1 atom stereocenters. The van der Waals surface area contributed by atoms with Gasteiger partial charge < -0.3 is 10.8 Å². The van der Waals surface area contributed by atoms with E-state index < -0.39 is 17.4 Å². The molecule has 0 rings (SSSR count). The first-order valence-corrected chi connectivity index (χ1v) is 2.59. The Balaban J connectivity index is 4.57. The molecule has 10 heavy (non-hydrogen) atoms. The van der Waals surface area contributed by atoms with E-state index in [-0.39, 0.29) is 0 Å². The van der Waals surface area contributed by atoms with Gasteiger partial charge >= 0.3 is 5.97 Å². The average Bonchev–Trinajstić information content (AvgIpc) is 1.62. The van der Waals surface area contributed by atoms with Crippen LogP contribution in [0.2, 0.25) is 0 Å². The minimum Gasteiger partial charge on any atom is -0.480 e. The van der Waals surface area contributed by atoms with Crippen LogP contribution in [0.25, 0.3) is 0 Å². The molecule has 0 heterocycles. The first-order chi connectivity index (χ1) is 4.19. The lowest BCUT2D eigenvalue weighted by molar-refractivity contribution is -0.157. The van der Waals surface area contributed by atoms with E-state index in [9.17, 15) is 13.6 Å². The zero-order valence-electron chi connectivity index (χ0n) is 5.69. The van der Waals surface area contributed by atoms with E-state index >= 15 is 0 Å². The zero-order chi connectivity index (χ0) is 8.58. The van der Waals surface area contributed by atoms with Crippen molar-refractivity contribution in [2.75, 3.05) is 0 Å². The lowest BCUT2D eigenvalue weighted by Gasteiger charge is -2.25. The van der Waals surface area contributed by atoms with Crippen LogP contribution in [0.4, 0.5) is 8.78 Å². The van der Waals surface area contributed by atoms with E-state index in [2.05, 4.69) is 0 Å². The molecule has 0 radical (unpaired) electrons. The number of carboxylic acids is 1. The van der Waals surface area contributed by atoms with E-state index in [0.717, 1.165) is 6.92 Å². The Labute approximate surface area is 56.8 Å². The minimum atomic E-state index is -3.40. The largest absolute Gasteiger partial charge is 0.480 e. The van der Waals surface area contributed by atoms with Crippen molar-refractivity contribution < 1.29 is 18.7 Å². The number of alkyl halides is 2. The number of halogens is 2. The molecule has 0 saturated carbocycles. The highest BCUT2D eigenvalue weighted by Crippen LogP contribution is 2.25. The van der Waals surface area contributed by atoms with Crippen LogP contribution in [0.3, 0.4) is 0 Å². The fraction of sp³-hybridized carbons (Fsp3) is 0.800. The van der Waals surface area contributed by atoms with Crippen LogP contribution in [0.5, 0.6) is 0 Å².